The predicted octanol–water partition coefficient (Wildman–Crippen LogP) is 0.0494. The zero-order valence-electron chi connectivity index (χ0n) is 8.62. The molecule has 0 aliphatic rings. The van der Waals surface area contributed by atoms with Crippen LogP contribution in [0.2, 0.25) is 0 Å². The topological polar surface area (TPSA) is 81.4 Å². The first-order valence-corrected chi connectivity index (χ1v) is 4.44. The van der Waals surface area contributed by atoms with Crippen molar-refractivity contribution in [1.29, 1.82) is 0 Å². The smallest absolute Gasteiger partial charge is 0.251 e. The second kappa shape index (κ2) is 5.11. The second-order valence-corrected chi connectivity index (χ2v) is 3.00. The average Bonchev–Trinajstić information content (AvgIpc) is 2.25. The van der Waals surface area contributed by atoms with Gasteiger partial charge in [-0.15, -0.1) is 0 Å². The van der Waals surface area contributed by atoms with Gasteiger partial charge in [-0.2, -0.15) is 0 Å². The minimum absolute atomic E-state index is 0.0476. The number of hydrogen-bond donors (Lipinski definition) is 2. The van der Waals surface area contributed by atoms with Crippen LogP contribution in [0.4, 0.5) is 4.39 Å². The molecule has 86 valence electrons. The van der Waals surface area contributed by atoms with Crippen LogP contribution in [-0.2, 0) is 4.79 Å². The second-order valence-electron chi connectivity index (χ2n) is 3.00. The van der Waals surface area contributed by atoms with Crippen LogP contribution in [0.3, 0.4) is 0 Å². The molecule has 16 heavy (non-hydrogen) atoms. The average molecular weight is 226 g/mol. The van der Waals surface area contributed by atoms with E-state index in [4.69, 9.17) is 10.5 Å². The van der Waals surface area contributed by atoms with E-state index in [1.807, 2.05) is 0 Å². The number of nitrogens with one attached hydrogen (secondary N) is 1. The Kier molecular flexibility index (Phi) is 3.82. The van der Waals surface area contributed by atoms with Crippen molar-refractivity contribution in [3.05, 3.63) is 29.6 Å². The molecule has 0 radical (unpaired) electrons. The highest BCUT2D eigenvalue weighted by molar-refractivity contribution is 5.96. The summed E-state index contributed by atoms with van der Waals surface area (Å²) in [6, 6.07) is 3.74. The number of carbonyl (C=O) groups is 2. The zero-order chi connectivity index (χ0) is 12.1. The van der Waals surface area contributed by atoms with E-state index in [9.17, 15) is 14.0 Å². The van der Waals surface area contributed by atoms with Crippen molar-refractivity contribution in [2.45, 2.75) is 0 Å². The molecule has 1 rings (SSSR count). The summed E-state index contributed by atoms with van der Waals surface area (Å²) in [5.41, 5.74) is 4.94. The highest BCUT2D eigenvalue weighted by Gasteiger charge is 2.10. The Bertz CT molecular complexity index is 421. The van der Waals surface area contributed by atoms with Gasteiger partial charge in [-0.3, -0.25) is 9.59 Å². The number of hydrogen-bond acceptors (Lipinski definition) is 3. The summed E-state index contributed by atoms with van der Waals surface area (Å²) >= 11 is 0. The molecule has 2 amide bonds. The molecular weight excluding hydrogens is 215 g/mol. The minimum atomic E-state index is -0.665. The van der Waals surface area contributed by atoms with Gasteiger partial charge in [0.1, 0.15) is 0 Å². The summed E-state index contributed by atoms with van der Waals surface area (Å²) in [6.45, 7) is -0.285. The van der Waals surface area contributed by atoms with Gasteiger partial charge >= 0.3 is 0 Å². The molecule has 0 saturated carbocycles. The fourth-order valence-electron chi connectivity index (χ4n) is 1.08. The summed E-state index contributed by atoms with van der Waals surface area (Å²) in [7, 11) is 1.32. The molecule has 0 aliphatic heterocycles. The number of primary amides is 1. The van der Waals surface area contributed by atoms with Crippen molar-refractivity contribution in [1.82, 2.24) is 5.32 Å². The Morgan fingerprint density at radius 2 is 2.19 bits per heavy atom. The number of benzene rings is 1. The van der Waals surface area contributed by atoms with Crippen LogP contribution < -0.4 is 15.8 Å². The number of nitrogens with two attached hydrogens (primary N) is 1. The number of carbonyl (C=O) groups excluding carboxylic acids is 2. The van der Waals surface area contributed by atoms with Crippen molar-refractivity contribution in [2.24, 2.45) is 5.73 Å². The monoisotopic (exact) mass is 226 g/mol. The third-order valence-electron chi connectivity index (χ3n) is 1.84. The van der Waals surface area contributed by atoms with E-state index in [0.717, 1.165) is 6.07 Å². The maximum absolute atomic E-state index is 13.2. The molecule has 0 bridgehead atoms. The number of amides is 2. The highest BCUT2D eigenvalue weighted by atomic mass is 19.1. The van der Waals surface area contributed by atoms with E-state index >= 15 is 0 Å². The first-order valence-electron chi connectivity index (χ1n) is 4.44. The highest BCUT2D eigenvalue weighted by Crippen LogP contribution is 2.17. The van der Waals surface area contributed by atoms with E-state index in [2.05, 4.69) is 5.32 Å². The summed E-state index contributed by atoms with van der Waals surface area (Å²) in [6.07, 6.45) is 0. The zero-order valence-corrected chi connectivity index (χ0v) is 8.62. The number of halogens is 1. The quantitative estimate of drug-likeness (QED) is 0.761. The fourth-order valence-corrected chi connectivity index (χ4v) is 1.08. The molecule has 0 unspecified atom stereocenters. The van der Waals surface area contributed by atoms with Crippen LogP contribution in [0.25, 0.3) is 0 Å². The molecular formula is C10H11FN2O3. The van der Waals surface area contributed by atoms with Crippen molar-refractivity contribution >= 4 is 11.8 Å². The molecule has 6 heteroatoms. The molecule has 0 spiro atoms. The van der Waals surface area contributed by atoms with Crippen LogP contribution in [0.5, 0.6) is 5.75 Å². The van der Waals surface area contributed by atoms with Crippen LogP contribution in [0.1, 0.15) is 10.4 Å². The Morgan fingerprint density at radius 1 is 1.50 bits per heavy atom. The maximum atomic E-state index is 13.2. The lowest BCUT2D eigenvalue weighted by atomic mass is 10.2. The third kappa shape index (κ3) is 2.94. The van der Waals surface area contributed by atoms with Crippen molar-refractivity contribution < 1.29 is 18.7 Å². The minimum Gasteiger partial charge on any atom is -0.494 e. The fraction of sp³-hybridized carbons (Fsp3) is 0.200. The molecule has 0 saturated heterocycles. The predicted molar refractivity (Wildman–Crippen MR) is 54.5 cm³/mol. The molecule has 5 nitrogen and oxygen atoms in total. The summed E-state index contributed by atoms with van der Waals surface area (Å²) < 4.78 is 17.9. The van der Waals surface area contributed by atoms with Crippen LogP contribution in [0, 0.1) is 5.82 Å². The van der Waals surface area contributed by atoms with Gasteiger partial charge < -0.3 is 15.8 Å². The van der Waals surface area contributed by atoms with Gasteiger partial charge in [-0.25, -0.2) is 4.39 Å². The normalized spacial score (nSPS) is 9.62. The molecule has 0 aliphatic carbocycles. The van der Waals surface area contributed by atoms with Gasteiger partial charge in [0, 0.05) is 5.56 Å². The standard InChI is InChI=1S/C10H11FN2O3/c1-16-8-3-2-6(4-7(8)11)10(15)13-5-9(12)14/h2-4H,5H2,1H3,(H2,12,14)(H,13,15). The van der Waals surface area contributed by atoms with E-state index in [1.54, 1.807) is 0 Å². The Balaban J connectivity index is 2.77. The van der Waals surface area contributed by atoms with Gasteiger partial charge in [0.2, 0.25) is 5.91 Å². The van der Waals surface area contributed by atoms with Gasteiger partial charge in [-0.1, -0.05) is 0 Å². The van der Waals surface area contributed by atoms with E-state index in [-0.39, 0.29) is 17.9 Å². The first kappa shape index (κ1) is 12.0. The Hall–Kier alpha value is -2.11. The molecule has 0 fully saturated rings. The van der Waals surface area contributed by atoms with E-state index in [1.165, 1.54) is 19.2 Å². The largest absolute Gasteiger partial charge is 0.494 e. The molecule has 3 N–H and O–H groups in total. The SMILES string of the molecule is COc1ccc(C(=O)NCC(N)=O)cc1F. The molecule has 1 aromatic rings. The van der Waals surface area contributed by atoms with Crippen molar-refractivity contribution in [3.63, 3.8) is 0 Å². The summed E-state index contributed by atoms with van der Waals surface area (Å²) in [5, 5.41) is 2.24. The van der Waals surface area contributed by atoms with Crippen molar-refractivity contribution in [2.75, 3.05) is 13.7 Å². The lowest BCUT2D eigenvalue weighted by molar-refractivity contribution is -0.117. The third-order valence-corrected chi connectivity index (χ3v) is 1.84. The molecule has 0 atom stereocenters. The molecule has 0 aromatic heterocycles. The lowest BCUT2D eigenvalue weighted by Crippen LogP contribution is -2.33. The summed E-state index contributed by atoms with van der Waals surface area (Å²) in [4.78, 5) is 21.8. The van der Waals surface area contributed by atoms with Crippen molar-refractivity contribution in [3.8, 4) is 5.75 Å². The number of rotatable bonds is 4. The maximum Gasteiger partial charge on any atom is 0.251 e. The lowest BCUT2D eigenvalue weighted by Gasteiger charge is -2.05. The number of methoxy groups -OCH3 is 1. The van der Waals surface area contributed by atoms with Gasteiger partial charge in [0.15, 0.2) is 11.6 Å². The van der Waals surface area contributed by atoms with Crippen LogP contribution in [0.15, 0.2) is 18.2 Å². The van der Waals surface area contributed by atoms with E-state index < -0.39 is 17.6 Å². The van der Waals surface area contributed by atoms with Gasteiger partial charge in [0.25, 0.3) is 5.91 Å². The van der Waals surface area contributed by atoms with Gasteiger partial charge in [0.05, 0.1) is 13.7 Å². The van der Waals surface area contributed by atoms with E-state index in [0.29, 0.717) is 0 Å². The van der Waals surface area contributed by atoms with Crippen LogP contribution >= 0.6 is 0 Å². The van der Waals surface area contributed by atoms with Crippen LogP contribution in [-0.4, -0.2) is 25.5 Å². The molecule has 1 aromatic carbocycles. The summed E-state index contributed by atoms with van der Waals surface area (Å²) in [5.74, 6) is -1.83. The Labute approximate surface area is 91.4 Å². The van der Waals surface area contributed by atoms with Gasteiger partial charge in [-0.05, 0) is 18.2 Å². The molecule has 0 heterocycles. The Morgan fingerprint density at radius 3 is 2.69 bits per heavy atom. The first-order chi connectivity index (χ1) is 7.54. The number of ether oxygens (including phenoxy) is 1.